The average molecular weight is 728 g/mol. The van der Waals surface area contributed by atoms with Gasteiger partial charge < -0.3 is 14.0 Å². The first-order valence-corrected chi connectivity index (χ1v) is 19.5. The molecule has 57 heavy (non-hydrogen) atoms. The summed E-state index contributed by atoms with van der Waals surface area (Å²) in [6, 6.07) is 81.0. The lowest BCUT2D eigenvalue weighted by molar-refractivity contribution is 1.18. The molecule has 0 aliphatic carbocycles. The molecule has 11 rings (SSSR count). The van der Waals surface area contributed by atoms with E-state index in [0.717, 1.165) is 22.7 Å². The van der Waals surface area contributed by atoms with E-state index in [0.29, 0.717) is 0 Å². The molecule has 0 amide bonds. The van der Waals surface area contributed by atoms with Crippen LogP contribution in [-0.4, -0.2) is 9.13 Å². The summed E-state index contributed by atoms with van der Waals surface area (Å²) in [6.45, 7) is 0. The predicted molar refractivity (Wildman–Crippen MR) is 241 cm³/mol. The highest BCUT2D eigenvalue weighted by Crippen LogP contribution is 2.40. The molecule has 2 heterocycles. The SMILES string of the molecule is c1ccc(N(c2ccccc2)c2ccc(-c3ccc4c(c3)c3cc(-c5ccc6c(c5)c5ccccc5n6-c5ccccc5)ccc3n4-c3ccccc3)cc2)cc1. The molecule has 9 aromatic carbocycles. The number of para-hydroxylation sites is 5. The zero-order valence-electron chi connectivity index (χ0n) is 31.2. The Bertz CT molecular complexity index is 3160. The van der Waals surface area contributed by atoms with E-state index in [4.69, 9.17) is 0 Å². The molecule has 268 valence electrons. The fraction of sp³-hybridized carbons (Fsp3) is 0. The second kappa shape index (κ2) is 13.6. The van der Waals surface area contributed by atoms with Crippen LogP contribution in [0.15, 0.2) is 224 Å². The van der Waals surface area contributed by atoms with Crippen molar-refractivity contribution in [1.82, 2.24) is 9.13 Å². The summed E-state index contributed by atoms with van der Waals surface area (Å²) in [6.07, 6.45) is 0. The van der Waals surface area contributed by atoms with Crippen LogP contribution in [0.2, 0.25) is 0 Å². The first kappa shape index (κ1) is 32.8. The van der Waals surface area contributed by atoms with Crippen molar-refractivity contribution >= 4 is 60.7 Å². The van der Waals surface area contributed by atoms with Gasteiger partial charge in [-0.05, 0) is 125 Å². The van der Waals surface area contributed by atoms with Gasteiger partial charge in [0.1, 0.15) is 0 Å². The van der Waals surface area contributed by atoms with Gasteiger partial charge in [0.2, 0.25) is 0 Å². The smallest absolute Gasteiger partial charge is 0.0541 e. The van der Waals surface area contributed by atoms with Gasteiger partial charge in [0.25, 0.3) is 0 Å². The van der Waals surface area contributed by atoms with Crippen molar-refractivity contribution in [2.75, 3.05) is 4.90 Å². The number of hydrogen-bond donors (Lipinski definition) is 0. The van der Waals surface area contributed by atoms with Crippen LogP contribution in [-0.2, 0) is 0 Å². The van der Waals surface area contributed by atoms with Crippen LogP contribution in [0.25, 0.3) is 77.2 Å². The number of benzene rings is 9. The van der Waals surface area contributed by atoms with Crippen LogP contribution < -0.4 is 4.90 Å². The Kier molecular flexibility index (Phi) is 7.82. The lowest BCUT2D eigenvalue weighted by Crippen LogP contribution is -2.09. The second-order valence-corrected chi connectivity index (χ2v) is 14.6. The average Bonchev–Trinajstić information content (AvgIpc) is 3.80. The van der Waals surface area contributed by atoms with E-state index in [1.807, 2.05) is 0 Å². The van der Waals surface area contributed by atoms with Gasteiger partial charge in [0.15, 0.2) is 0 Å². The minimum absolute atomic E-state index is 1.12. The largest absolute Gasteiger partial charge is 0.311 e. The predicted octanol–water partition coefficient (Wildman–Crippen LogP) is 14.7. The highest BCUT2D eigenvalue weighted by molar-refractivity contribution is 6.13. The molecule has 3 heteroatoms. The molecule has 0 radical (unpaired) electrons. The number of hydrogen-bond acceptors (Lipinski definition) is 1. The number of anilines is 3. The zero-order chi connectivity index (χ0) is 37.7. The first-order valence-electron chi connectivity index (χ1n) is 19.5. The van der Waals surface area contributed by atoms with Gasteiger partial charge in [-0.25, -0.2) is 0 Å². The molecule has 0 bridgehead atoms. The van der Waals surface area contributed by atoms with Crippen molar-refractivity contribution < 1.29 is 0 Å². The van der Waals surface area contributed by atoms with E-state index in [9.17, 15) is 0 Å². The van der Waals surface area contributed by atoms with Gasteiger partial charge in [-0.2, -0.15) is 0 Å². The van der Waals surface area contributed by atoms with Gasteiger partial charge in [-0.15, -0.1) is 0 Å². The monoisotopic (exact) mass is 727 g/mol. The Morgan fingerprint density at radius 3 is 1.05 bits per heavy atom. The molecule has 0 N–H and O–H groups in total. The molecule has 3 nitrogen and oxygen atoms in total. The summed E-state index contributed by atoms with van der Waals surface area (Å²) in [5.41, 5.74) is 15.3. The van der Waals surface area contributed by atoms with E-state index in [1.54, 1.807) is 0 Å². The van der Waals surface area contributed by atoms with Crippen LogP contribution >= 0.6 is 0 Å². The van der Waals surface area contributed by atoms with E-state index in [2.05, 4.69) is 238 Å². The number of nitrogens with zero attached hydrogens (tertiary/aromatic N) is 3. The Hall–Kier alpha value is -7.62. The summed E-state index contributed by atoms with van der Waals surface area (Å²) in [5, 5.41) is 4.97. The molecule has 0 unspecified atom stereocenters. The third-order valence-electron chi connectivity index (χ3n) is 11.3. The van der Waals surface area contributed by atoms with E-state index >= 15 is 0 Å². The summed E-state index contributed by atoms with van der Waals surface area (Å²) in [4.78, 5) is 2.30. The number of fused-ring (bicyclic) bond motifs is 6. The van der Waals surface area contributed by atoms with Gasteiger partial charge in [0, 0.05) is 50.0 Å². The minimum atomic E-state index is 1.12. The molecule has 0 aliphatic heterocycles. The molecular weight excluding hydrogens is 691 g/mol. The number of aromatic nitrogens is 2. The van der Waals surface area contributed by atoms with E-state index < -0.39 is 0 Å². The van der Waals surface area contributed by atoms with Crippen LogP contribution in [0.5, 0.6) is 0 Å². The topological polar surface area (TPSA) is 13.1 Å². The molecule has 0 atom stereocenters. The van der Waals surface area contributed by atoms with Gasteiger partial charge in [0.05, 0.1) is 22.1 Å². The van der Waals surface area contributed by atoms with Crippen molar-refractivity contribution in [2.45, 2.75) is 0 Å². The first-order chi connectivity index (χ1) is 28.3. The van der Waals surface area contributed by atoms with Crippen LogP contribution in [0.4, 0.5) is 17.1 Å². The Labute approximate surface area is 331 Å². The standard InChI is InChI=1S/C54H37N3/c1-5-15-42(16-6-1)55(43-17-7-2-8-18-43)46-30-25-38(26-31-46)39-27-32-53-49(35-39)50-37-41(29-34-54(50)57(53)45-21-11-4-12-22-45)40-28-33-52-48(36-40)47-23-13-14-24-51(47)56(52)44-19-9-3-10-20-44/h1-37H. The van der Waals surface area contributed by atoms with Crippen molar-refractivity contribution in [3.63, 3.8) is 0 Å². The molecule has 0 aliphatic rings. The maximum absolute atomic E-state index is 2.40. The molecular formula is C54H37N3. The number of rotatable bonds is 7. The second-order valence-electron chi connectivity index (χ2n) is 14.6. The molecule has 11 aromatic rings. The summed E-state index contributed by atoms with van der Waals surface area (Å²) >= 11 is 0. The highest BCUT2D eigenvalue weighted by atomic mass is 15.1. The van der Waals surface area contributed by atoms with Gasteiger partial charge >= 0.3 is 0 Å². The molecule has 0 saturated heterocycles. The zero-order valence-corrected chi connectivity index (χ0v) is 31.2. The lowest BCUT2D eigenvalue weighted by Gasteiger charge is -2.25. The third-order valence-corrected chi connectivity index (χ3v) is 11.3. The normalized spacial score (nSPS) is 11.5. The Morgan fingerprint density at radius 1 is 0.246 bits per heavy atom. The highest BCUT2D eigenvalue weighted by Gasteiger charge is 2.18. The molecule has 0 spiro atoms. The fourth-order valence-corrected chi connectivity index (χ4v) is 8.65. The lowest BCUT2D eigenvalue weighted by atomic mass is 9.99. The van der Waals surface area contributed by atoms with Crippen molar-refractivity contribution in [2.24, 2.45) is 0 Å². The third kappa shape index (κ3) is 5.60. The summed E-state index contributed by atoms with van der Waals surface area (Å²) in [5.74, 6) is 0. The van der Waals surface area contributed by atoms with Gasteiger partial charge in [-0.1, -0.05) is 121 Å². The quantitative estimate of drug-likeness (QED) is 0.159. The maximum atomic E-state index is 2.40. The van der Waals surface area contributed by atoms with Crippen molar-refractivity contribution in [3.8, 4) is 33.6 Å². The molecule has 0 fully saturated rings. The van der Waals surface area contributed by atoms with Crippen LogP contribution in [0, 0.1) is 0 Å². The Morgan fingerprint density at radius 2 is 0.579 bits per heavy atom. The van der Waals surface area contributed by atoms with E-state index in [-0.39, 0.29) is 0 Å². The molecule has 0 saturated carbocycles. The Balaban J connectivity index is 1.05. The summed E-state index contributed by atoms with van der Waals surface area (Å²) in [7, 11) is 0. The van der Waals surface area contributed by atoms with Gasteiger partial charge in [-0.3, -0.25) is 0 Å². The summed E-state index contributed by atoms with van der Waals surface area (Å²) < 4.78 is 4.77. The van der Waals surface area contributed by atoms with Crippen LogP contribution in [0.3, 0.4) is 0 Å². The van der Waals surface area contributed by atoms with Crippen molar-refractivity contribution in [1.29, 1.82) is 0 Å². The fourth-order valence-electron chi connectivity index (χ4n) is 8.65. The molecule has 2 aromatic heterocycles. The van der Waals surface area contributed by atoms with E-state index in [1.165, 1.54) is 71.6 Å². The van der Waals surface area contributed by atoms with Crippen LogP contribution in [0.1, 0.15) is 0 Å². The maximum Gasteiger partial charge on any atom is 0.0541 e. The minimum Gasteiger partial charge on any atom is -0.311 e. The van der Waals surface area contributed by atoms with Crippen molar-refractivity contribution in [3.05, 3.63) is 224 Å².